The molecule has 1 spiro atoms. The van der Waals surface area contributed by atoms with Gasteiger partial charge < -0.3 is 15.0 Å². The Labute approximate surface area is 256 Å². The lowest BCUT2D eigenvalue weighted by Crippen LogP contribution is -2.63. The van der Waals surface area contributed by atoms with Crippen molar-refractivity contribution in [3.63, 3.8) is 0 Å². The van der Waals surface area contributed by atoms with Crippen molar-refractivity contribution in [1.29, 1.82) is 0 Å². The highest BCUT2D eigenvalue weighted by molar-refractivity contribution is 5.87. The lowest BCUT2D eigenvalue weighted by molar-refractivity contribution is -0.0314. The van der Waals surface area contributed by atoms with Crippen LogP contribution in [-0.4, -0.2) is 57.7 Å². The smallest absolute Gasteiger partial charge is 0.121 e. The first kappa shape index (κ1) is 25.8. The van der Waals surface area contributed by atoms with E-state index >= 15 is 0 Å². The van der Waals surface area contributed by atoms with E-state index in [-0.39, 0.29) is 5.41 Å². The second-order valence-corrected chi connectivity index (χ2v) is 15.7. The number of para-hydroxylation sites is 1. The van der Waals surface area contributed by atoms with Crippen molar-refractivity contribution in [2.75, 3.05) is 31.5 Å². The van der Waals surface area contributed by atoms with Crippen LogP contribution >= 0.6 is 0 Å². The normalized spacial score (nSPS) is 39.2. The van der Waals surface area contributed by atoms with Crippen LogP contribution in [0.25, 0.3) is 10.9 Å². The number of nitrogens with one attached hydrogen (secondary N) is 1. The zero-order valence-corrected chi connectivity index (χ0v) is 26.2. The first-order chi connectivity index (χ1) is 21.1. The van der Waals surface area contributed by atoms with Gasteiger partial charge in [0, 0.05) is 51.9 Å². The van der Waals surface area contributed by atoms with Crippen molar-refractivity contribution in [1.82, 2.24) is 14.4 Å². The van der Waals surface area contributed by atoms with Crippen molar-refractivity contribution >= 4 is 16.6 Å². The van der Waals surface area contributed by atoms with Gasteiger partial charge in [-0.3, -0.25) is 9.80 Å². The molecule has 1 aliphatic carbocycles. The molecule has 7 aliphatic rings. The third-order valence-electron chi connectivity index (χ3n) is 14.6. The molecule has 1 saturated carbocycles. The van der Waals surface area contributed by atoms with E-state index in [9.17, 15) is 5.11 Å². The van der Waals surface area contributed by atoms with Crippen molar-refractivity contribution in [2.24, 2.45) is 10.8 Å². The molecule has 7 atom stereocenters. The van der Waals surface area contributed by atoms with E-state index in [0.717, 1.165) is 0 Å². The molecule has 5 heteroatoms. The number of piperidine rings is 2. The van der Waals surface area contributed by atoms with Gasteiger partial charge in [-0.2, -0.15) is 0 Å². The number of aromatic hydroxyl groups is 1. The zero-order valence-electron chi connectivity index (χ0n) is 26.2. The minimum Gasteiger partial charge on any atom is -0.508 e. The number of benzene rings is 2. The molecule has 0 bridgehead atoms. The van der Waals surface area contributed by atoms with E-state index in [0.29, 0.717) is 40.7 Å². The summed E-state index contributed by atoms with van der Waals surface area (Å²) in [7, 11) is 0. The molecule has 4 fully saturated rings. The lowest BCUT2D eigenvalue weighted by atomic mass is 9.52. The fourth-order valence-electron chi connectivity index (χ4n) is 13.0. The number of phenolic OH excluding ortho intramolecular Hbond substituents is 1. The average Bonchev–Trinajstić information content (AvgIpc) is 3.72. The highest BCUT2D eigenvalue weighted by Crippen LogP contribution is 2.67. The number of anilines is 1. The number of aromatic nitrogens is 1. The summed E-state index contributed by atoms with van der Waals surface area (Å²) in [5, 5.41) is 17.6. The molecule has 2 aromatic carbocycles. The van der Waals surface area contributed by atoms with Gasteiger partial charge in [0.1, 0.15) is 5.75 Å². The van der Waals surface area contributed by atoms with Crippen LogP contribution in [0.2, 0.25) is 0 Å². The molecule has 0 amide bonds. The van der Waals surface area contributed by atoms with Crippen LogP contribution in [0.3, 0.4) is 0 Å². The number of hydrogen-bond donors (Lipinski definition) is 2. The molecule has 43 heavy (non-hydrogen) atoms. The maximum atomic E-state index is 11.9. The van der Waals surface area contributed by atoms with Gasteiger partial charge in [-0.15, -0.1) is 0 Å². The fourth-order valence-corrected chi connectivity index (χ4v) is 13.0. The molecule has 2 N–H and O–H groups in total. The van der Waals surface area contributed by atoms with E-state index in [1.807, 2.05) is 0 Å². The van der Waals surface area contributed by atoms with Crippen LogP contribution < -0.4 is 5.32 Å². The summed E-state index contributed by atoms with van der Waals surface area (Å²) in [5.74, 6) is 0.551. The Kier molecular flexibility index (Phi) is 5.16. The third kappa shape index (κ3) is 2.94. The van der Waals surface area contributed by atoms with Crippen LogP contribution in [0.15, 0.2) is 36.4 Å². The van der Waals surface area contributed by atoms with Gasteiger partial charge >= 0.3 is 0 Å². The van der Waals surface area contributed by atoms with Crippen molar-refractivity contribution < 1.29 is 5.11 Å². The molecule has 7 heterocycles. The minimum atomic E-state index is 0.0313. The van der Waals surface area contributed by atoms with Crippen molar-refractivity contribution in [2.45, 2.75) is 114 Å². The summed E-state index contributed by atoms with van der Waals surface area (Å²) in [6, 6.07) is 15.5. The maximum Gasteiger partial charge on any atom is 0.121 e. The third-order valence-corrected chi connectivity index (χ3v) is 14.6. The first-order valence-corrected chi connectivity index (χ1v) is 17.8. The Morgan fingerprint density at radius 2 is 1.70 bits per heavy atom. The monoisotopic (exact) mass is 576 g/mol. The summed E-state index contributed by atoms with van der Waals surface area (Å²) in [6.45, 7) is 9.79. The molecule has 3 saturated heterocycles. The van der Waals surface area contributed by atoms with Gasteiger partial charge in [0.05, 0.1) is 12.1 Å². The summed E-state index contributed by atoms with van der Waals surface area (Å²) < 4.78 is 2.81. The number of fused-ring (bicyclic) bond motifs is 4. The Bertz CT molecular complexity index is 1660. The number of hydrogen-bond acceptors (Lipinski definition) is 4. The summed E-state index contributed by atoms with van der Waals surface area (Å²) in [6.07, 6.45) is 13.9. The summed E-state index contributed by atoms with van der Waals surface area (Å²) in [4.78, 5) is 5.71. The second kappa shape index (κ2) is 8.60. The van der Waals surface area contributed by atoms with Crippen LogP contribution in [0, 0.1) is 10.8 Å². The Hall–Kier alpha value is -2.50. The molecule has 10 rings (SSSR count). The lowest BCUT2D eigenvalue weighted by Gasteiger charge is -2.58. The van der Waals surface area contributed by atoms with Crippen LogP contribution in [0.1, 0.15) is 113 Å². The molecule has 0 unspecified atom stereocenters. The van der Waals surface area contributed by atoms with E-state index in [4.69, 9.17) is 0 Å². The van der Waals surface area contributed by atoms with E-state index in [1.54, 1.807) is 11.3 Å². The molecule has 5 nitrogen and oxygen atoms in total. The zero-order chi connectivity index (χ0) is 28.7. The predicted molar refractivity (Wildman–Crippen MR) is 173 cm³/mol. The summed E-state index contributed by atoms with van der Waals surface area (Å²) in [5.41, 5.74) is 9.47. The van der Waals surface area contributed by atoms with E-state index in [2.05, 4.69) is 69.9 Å². The minimum absolute atomic E-state index is 0.0313. The molecule has 3 aromatic rings. The van der Waals surface area contributed by atoms with Crippen molar-refractivity contribution in [3.8, 4) is 5.75 Å². The van der Waals surface area contributed by atoms with Gasteiger partial charge in [0.25, 0.3) is 0 Å². The fraction of sp³-hybridized carbons (Fsp3) is 0.632. The SMILES string of the molecule is CC[C@@]12CCCN3CCc4c(n(c5ccccc45)[C@H](c4ccc(O)c5c4N[C@@H]4CC[C@@]6(CC)CCCN7CC[C@@]54[C@H]76)C1)[C@H]32. The van der Waals surface area contributed by atoms with E-state index < -0.39 is 0 Å². The Balaban J connectivity index is 1.22. The number of phenols is 1. The van der Waals surface area contributed by atoms with Crippen LogP contribution in [0.4, 0.5) is 5.69 Å². The molecule has 6 aliphatic heterocycles. The second-order valence-electron chi connectivity index (χ2n) is 15.7. The van der Waals surface area contributed by atoms with Gasteiger partial charge in [-0.1, -0.05) is 38.1 Å². The molecule has 0 radical (unpaired) electrons. The number of rotatable bonds is 3. The maximum absolute atomic E-state index is 11.9. The first-order valence-electron chi connectivity index (χ1n) is 17.8. The van der Waals surface area contributed by atoms with Gasteiger partial charge in [0.2, 0.25) is 0 Å². The number of nitrogens with zero attached hydrogens (tertiary/aromatic N) is 3. The highest BCUT2D eigenvalue weighted by Gasteiger charge is 2.67. The Morgan fingerprint density at radius 3 is 2.56 bits per heavy atom. The topological polar surface area (TPSA) is 43.7 Å². The van der Waals surface area contributed by atoms with E-state index in [1.165, 1.54) is 125 Å². The van der Waals surface area contributed by atoms with Crippen LogP contribution in [0.5, 0.6) is 5.75 Å². The Morgan fingerprint density at radius 1 is 0.884 bits per heavy atom. The van der Waals surface area contributed by atoms with Gasteiger partial charge in [-0.25, -0.2) is 0 Å². The highest BCUT2D eigenvalue weighted by atomic mass is 16.3. The van der Waals surface area contributed by atoms with Gasteiger partial charge in [0.15, 0.2) is 0 Å². The summed E-state index contributed by atoms with van der Waals surface area (Å²) >= 11 is 0. The molecular weight excluding hydrogens is 528 g/mol. The predicted octanol–water partition coefficient (Wildman–Crippen LogP) is 7.52. The molecule has 1 aromatic heterocycles. The largest absolute Gasteiger partial charge is 0.508 e. The standard InChI is InChI=1S/C38H48N4O/c1-3-36-15-7-20-41-22-18-38(35(36)41)30(13-17-36)39-32-26(11-12-29(43)31(32)38)28-23-37(4-2)16-8-19-40-21-14-25-24-9-5-6-10-27(24)42(28)33(25)34(37)40/h5-6,9-12,28,30,34-35,39,43H,3-4,7-8,13-23H2,1-2H3/t28-,30+,34-,35+,36+,37+,38-/m0/s1. The molecule has 226 valence electrons. The average molecular weight is 577 g/mol. The molecular formula is C38H48N4O. The van der Waals surface area contributed by atoms with Gasteiger partial charge in [-0.05, 0) is 124 Å². The quantitative estimate of drug-likeness (QED) is 0.339. The van der Waals surface area contributed by atoms with Crippen molar-refractivity contribution in [3.05, 3.63) is 58.8 Å². The van der Waals surface area contributed by atoms with Crippen LogP contribution in [-0.2, 0) is 11.8 Å².